The van der Waals surface area contributed by atoms with Crippen LogP contribution in [0.2, 0.25) is 0 Å². The summed E-state index contributed by atoms with van der Waals surface area (Å²) in [4.78, 5) is 24.0. The van der Waals surface area contributed by atoms with Gasteiger partial charge in [-0.05, 0) is 40.0 Å². The van der Waals surface area contributed by atoms with Gasteiger partial charge in [-0.15, -0.1) is 0 Å². The lowest BCUT2D eigenvalue weighted by atomic mass is 9.96. The van der Waals surface area contributed by atoms with Gasteiger partial charge >= 0.3 is 11.9 Å². The third kappa shape index (κ3) is 7.46. The minimum absolute atomic E-state index is 0.123. The number of carbonyl (C=O) groups excluding carboxylic acids is 2. The summed E-state index contributed by atoms with van der Waals surface area (Å²) in [5.74, 6) is -0.807. The maximum atomic E-state index is 12.1. The van der Waals surface area contributed by atoms with E-state index in [1.54, 1.807) is 27.9 Å². The van der Waals surface area contributed by atoms with Crippen LogP contribution in [-0.4, -0.2) is 49.6 Å². The molecule has 0 aromatic carbocycles. The molecule has 1 atom stereocenters. The van der Waals surface area contributed by atoms with Crippen molar-refractivity contribution in [3.05, 3.63) is 11.6 Å². The molecule has 1 aliphatic rings. The molecule has 0 spiro atoms. The van der Waals surface area contributed by atoms with Gasteiger partial charge in [0, 0.05) is 25.7 Å². The molecule has 0 bridgehead atoms. The van der Waals surface area contributed by atoms with Crippen LogP contribution in [0.4, 0.5) is 0 Å². The average molecular weight is 370 g/mol. The maximum absolute atomic E-state index is 12.1. The summed E-state index contributed by atoms with van der Waals surface area (Å²) in [6.45, 7) is 5.57. The molecule has 0 aliphatic carbocycles. The van der Waals surface area contributed by atoms with Crippen LogP contribution in [0.5, 0.6) is 0 Å². The van der Waals surface area contributed by atoms with Gasteiger partial charge in [-0.1, -0.05) is 25.3 Å². The molecule has 6 nitrogen and oxygen atoms in total. The number of allylic oxidation sites excluding steroid dienone is 1. The predicted molar refractivity (Wildman–Crippen MR) is 98.6 cm³/mol. The van der Waals surface area contributed by atoms with Crippen LogP contribution in [0.3, 0.4) is 0 Å². The largest absolute Gasteiger partial charge is 0.461 e. The summed E-state index contributed by atoms with van der Waals surface area (Å²) in [6, 6.07) is 0. The van der Waals surface area contributed by atoms with Gasteiger partial charge in [0.25, 0.3) is 0 Å². The number of aliphatic hydroxyl groups excluding tert-OH is 1. The van der Waals surface area contributed by atoms with E-state index in [4.69, 9.17) is 14.2 Å². The Morgan fingerprint density at radius 2 is 1.88 bits per heavy atom. The molecule has 1 rings (SSSR count). The Labute approximate surface area is 156 Å². The number of methoxy groups -OCH3 is 1. The molecule has 26 heavy (non-hydrogen) atoms. The van der Waals surface area contributed by atoms with E-state index in [0.717, 1.165) is 45.1 Å². The van der Waals surface area contributed by atoms with Gasteiger partial charge in [0.15, 0.2) is 5.60 Å². The van der Waals surface area contributed by atoms with E-state index < -0.39 is 17.0 Å². The van der Waals surface area contributed by atoms with Gasteiger partial charge in [-0.2, -0.15) is 0 Å². The molecule has 1 N–H and O–H groups in total. The van der Waals surface area contributed by atoms with E-state index in [0.29, 0.717) is 5.57 Å². The van der Waals surface area contributed by atoms with Gasteiger partial charge in [-0.25, -0.2) is 4.79 Å². The maximum Gasteiger partial charge on any atom is 0.334 e. The van der Waals surface area contributed by atoms with E-state index in [2.05, 4.69) is 0 Å². The fraction of sp³-hybridized carbons (Fsp3) is 0.800. The number of cyclic esters (lactones) is 1. The zero-order valence-corrected chi connectivity index (χ0v) is 16.6. The highest BCUT2D eigenvalue weighted by atomic mass is 16.6. The van der Waals surface area contributed by atoms with Crippen LogP contribution >= 0.6 is 0 Å². The first-order chi connectivity index (χ1) is 12.2. The number of aliphatic hydroxyl groups is 1. The monoisotopic (exact) mass is 370 g/mol. The third-order valence-electron chi connectivity index (χ3n) is 4.39. The molecule has 1 saturated heterocycles. The lowest BCUT2D eigenvalue weighted by Gasteiger charge is -2.26. The minimum atomic E-state index is -1.15. The van der Waals surface area contributed by atoms with Crippen molar-refractivity contribution in [1.29, 1.82) is 0 Å². The van der Waals surface area contributed by atoms with Crippen LogP contribution in [0.25, 0.3) is 0 Å². The van der Waals surface area contributed by atoms with Crippen molar-refractivity contribution >= 4 is 11.9 Å². The Hall–Kier alpha value is -1.40. The van der Waals surface area contributed by atoms with Gasteiger partial charge in [-0.3, -0.25) is 4.79 Å². The van der Waals surface area contributed by atoms with E-state index in [9.17, 15) is 14.7 Å². The fourth-order valence-corrected chi connectivity index (χ4v) is 2.70. The van der Waals surface area contributed by atoms with Gasteiger partial charge in [0.1, 0.15) is 6.61 Å². The molecule has 1 unspecified atom stereocenters. The van der Waals surface area contributed by atoms with Crippen molar-refractivity contribution < 1.29 is 28.9 Å². The Balaban J connectivity index is 2.43. The van der Waals surface area contributed by atoms with Crippen molar-refractivity contribution in [2.75, 3.05) is 26.9 Å². The molecule has 150 valence electrons. The minimum Gasteiger partial charge on any atom is -0.461 e. The number of carbonyl (C=O) groups is 2. The molecule has 0 radical (unpaired) electrons. The molecule has 0 amide bonds. The van der Waals surface area contributed by atoms with Crippen LogP contribution < -0.4 is 0 Å². The number of rotatable bonds is 11. The summed E-state index contributed by atoms with van der Waals surface area (Å²) >= 11 is 0. The summed E-state index contributed by atoms with van der Waals surface area (Å²) in [6.07, 6.45) is 8.47. The van der Waals surface area contributed by atoms with Crippen molar-refractivity contribution in [3.63, 3.8) is 0 Å². The molecule has 0 saturated carbocycles. The highest BCUT2D eigenvalue weighted by Gasteiger charge is 2.45. The second kappa shape index (κ2) is 10.7. The Bertz CT molecular complexity index is 491. The number of hydrogen-bond acceptors (Lipinski definition) is 6. The van der Waals surface area contributed by atoms with Crippen molar-refractivity contribution in [1.82, 2.24) is 0 Å². The topological polar surface area (TPSA) is 82.1 Å². The first kappa shape index (κ1) is 22.6. The van der Waals surface area contributed by atoms with Crippen LogP contribution in [-0.2, 0) is 23.8 Å². The second-order valence-electron chi connectivity index (χ2n) is 8.01. The fourth-order valence-electron chi connectivity index (χ4n) is 2.70. The van der Waals surface area contributed by atoms with E-state index >= 15 is 0 Å². The average Bonchev–Trinajstić information content (AvgIpc) is 2.91. The van der Waals surface area contributed by atoms with Gasteiger partial charge in [0.2, 0.25) is 0 Å². The highest BCUT2D eigenvalue weighted by molar-refractivity contribution is 5.91. The highest BCUT2D eigenvalue weighted by Crippen LogP contribution is 2.32. The Kier molecular flexibility index (Phi) is 9.30. The molecule has 1 heterocycles. The summed E-state index contributed by atoms with van der Waals surface area (Å²) in [7, 11) is 1.71. The standard InChI is InChI=1S/C20H34O6/c1-19(2,3)18(23)25-15-20(14-21)13-16(17(22)26-20)11-9-7-5-6-8-10-12-24-4/h11,21H,5-10,12-15H2,1-4H3/b16-11+. The smallest absolute Gasteiger partial charge is 0.334 e. The van der Waals surface area contributed by atoms with E-state index in [1.165, 1.54) is 0 Å². The second-order valence-corrected chi connectivity index (χ2v) is 8.01. The van der Waals surface area contributed by atoms with Crippen LogP contribution in [0.15, 0.2) is 11.6 Å². The first-order valence-corrected chi connectivity index (χ1v) is 9.43. The van der Waals surface area contributed by atoms with E-state index in [-0.39, 0.29) is 25.6 Å². The molecule has 1 aliphatic heterocycles. The molecular formula is C20H34O6. The molecular weight excluding hydrogens is 336 g/mol. The lowest BCUT2D eigenvalue weighted by molar-refractivity contribution is -0.171. The van der Waals surface area contributed by atoms with Crippen LogP contribution in [0.1, 0.15) is 65.7 Å². The molecule has 0 aromatic rings. The number of unbranched alkanes of at least 4 members (excludes halogenated alkanes) is 5. The van der Waals surface area contributed by atoms with Gasteiger partial charge in [0.05, 0.1) is 12.0 Å². The Morgan fingerprint density at radius 1 is 1.23 bits per heavy atom. The predicted octanol–water partition coefficient (Wildman–Crippen LogP) is 3.17. The SMILES string of the molecule is COCCCCCCC/C=C1\CC(CO)(COC(=O)C(C)(C)C)OC1=O. The molecule has 0 aromatic heterocycles. The summed E-state index contributed by atoms with van der Waals surface area (Å²) < 4.78 is 15.6. The number of esters is 2. The molecule has 1 fully saturated rings. The first-order valence-electron chi connectivity index (χ1n) is 9.43. The van der Waals surface area contributed by atoms with E-state index in [1.807, 2.05) is 6.08 Å². The molecule has 6 heteroatoms. The zero-order valence-electron chi connectivity index (χ0n) is 16.6. The number of hydrogen-bond donors (Lipinski definition) is 1. The van der Waals surface area contributed by atoms with Crippen molar-refractivity contribution in [2.24, 2.45) is 5.41 Å². The number of ether oxygens (including phenoxy) is 3. The normalized spacial score (nSPS) is 21.9. The van der Waals surface area contributed by atoms with Crippen molar-refractivity contribution in [2.45, 2.75) is 71.3 Å². The zero-order chi connectivity index (χ0) is 19.6. The Morgan fingerprint density at radius 3 is 2.50 bits per heavy atom. The summed E-state index contributed by atoms with van der Waals surface area (Å²) in [5, 5.41) is 9.67. The third-order valence-corrected chi connectivity index (χ3v) is 4.39. The summed E-state index contributed by atoms with van der Waals surface area (Å²) in [5.41, 5.74) is -1.23. The van der Waals surface area contributed by atoms with Crippen molar-refractivity contribution in [3.8, 4) is 0 Å². The van der Waals surface area contributed by atoms with Gasteiger partial charge < -0.3 is 19.3 Å². The lowest BCUT2D eigenvalue weighted by Crippen LogP contribution is -2.40. The van der Waals surface area contributed by atoms with Crippen LogP contribution in [0, 0.1) is 5.41 Å². The quantitative estimate of drug-likeness (QED) is 0.342.